The summed E-state index contributed by atoms with van der Waals surface area (Å²) in [7, 11) is 2.15. The fourth-order valence-corrected chi connectivity index (χ4v) is 4.30. The van der Waals surface area contributed by atoms with Crippen LogP contribution in [0.25, 0.3) is 0 Å². The van der Waals surface area contributed by atoms with E-state index in [-0.39, 0.29) is 6.04 Å². The fraction of sp³-hybridized carbons (Fsp3) is 0.300. The van der Waals surface area contributed by atoms with Gasteiger partial charge in [-0.05, 0) is 54.8 Å². The number of aromatic nitrogens is 3. The third kappa shape index (κ3) is 3.37. The molecule has 1 N–H and O–H groups in total. The first-order valence-corrected chi connectivity index (χ1v) is 9.43. The Kier molecular flexibility index (Phi) is 4.98. The zero-order chi connectivity index (χ0) is 18.1. The van der Waals surface area contributed by atoms with Gasteiger partial charge in [0.1, 0.15) is 5.82 Å². The van der Waals surface area contributed by atoms with Crippen LogP contribution in [0.2, 0.25) is 10.0 Å². The summed E-state index contributed by atoms with van der Waals surface area (Å²) in [6.07, 6.45) is 8.40. The normalized spacial score (nSPS) is 23.9. The van der Waals surface area contributed by atoms with E-state index in [1.54, 1.807) is 0 Å². The predicted octanol–water partition coefficient (Wildman–Crippen LogP) is 5.06. The van der Waals surface area contributed by atoms with Gasteiger partial charge in [-0.25, -0.2) is 4.98 Å². The number of benzene rings is 1. The maximum Gasteiger partial charge on any atom is 0.123 e. The molecule has 1 aromatic carbocycles. The monoisotopic (exact) mass is 386 g/mol. The van der Waals surface area contributed by atoms with Crippen molar-refractivity contribution in [1.82, 2.24) is 19.9 Å². The smallest absolute Gasteiger partial charge is 0.123 e. The van der Waals surface area contributed by atoms with Gasteiger partial charge in [-0.1, -0.05) is 29.3 Å². The highest BCUT2D eigenvalue weighted by molar-refractivity contribution is 6.42. The van der Waals surface area contributed by atoms with E-state index in [4.69, 9.17) is 23.2 Å². The lowest BCUT2D eigenvalue weighted by Gasteiger charge is -2.42. The Balaban J connectivity index is 1.73. The van der Waals surface area contributed by atoms with Crippen molar-refractivity contribution in [2.45, 2.75) is 24.3 Å². The van der Waals surface area contributed by atoms with Crippen LogP contribution < -0.4 is 0 Å². The van der Waals surface area contributed by atoms with Crippen molar-refractivity contribution in [2.24, 2.45) is 0 Å². The van der Waals surface area contributed by atoms with Gasteiger partial charge in [0.2, 0.25) is 0 Å². The highest BCUT2D eigenvalue weighted by atomic mass is 35.5. The van der Waals surface area contributed by atoms with Crippen molar-refractivity contribution in [2.75, 3.05) is 13.6 Å². The number of halogens is 2. The number of hydrogen-bond acceptors (Lipinski definition) is 3. The van der Waals surface area contributed by atoms with E-state index in [1.807, 2.05) is 36.9 Å². The van der Waals surface area contributed by atoms with Crippen LogP contribution >= 0.6 is 23.2 Å². The highest BCUT2D eigenvalue weighted by Crippen LogP contribution is 2.46. The molecule has 3 aromatic rings. The van der Waals surface area contributed by atoms with Gasteiger partial charge < -0.3 is 4.98 Å². The van der Waals surface area contributed by atoms with Crippen molar-refractivity contribution >= 4 is 23.2 Å². The van der Waals surface area contributed by atoms with Crippen LogP contribution in [0, 0.1) is 0 Å². The summed E-state index contributed by atoms with van der Waals surface area (Å²) in [5.74, 6) is 1.68. The maximum atomic E-state index is 6.30. The molecule has 6 heteroatoms. The van der Waals surface area contributed by atoms with E-state index in [2.05, 4.69) is 45.1 Å². The topological polar surface area (TPSA) is 44.8 Å². The predicted molar refractivity (Wildman–Crippen MR) is 105 cm³/mol. The van der Waals surface area contributed by atoms with Crippen LogP contribution in [0.4, 0.5) is 0 Å². The molecule has 0 radical (unpaired) electrons. The van der Waals surface area contributed by atoms with E-state index >= 15 is 0 Å². The number of nitrogens with one attached hydrogen (secondary N) is 1. The van der Waals surface area contributed by atoms with Crippen molar-refractivity contribution in [3.63, 3.8) is 0 Å². The molecule has 3 atom stereocenters. The van der Waals surface area contributed by atoms with Gasteiger partial charge in [0.15, 0.2) is 0 Å². The fourth-order valence-electron chi connectivity index (χ4n) is 3.99. The SMILES string of the molecule is CN1CC(c2ccc(Cl)c(Cl)c2)C(c2ccncc2)CC1c1ncc[nH]1. The van der Waals surface area contributed by atoms with Crippen molar-refractivity contribution in [3.05, 3.63) is 82.1 Å². The third-order valence-corrected chi connectivity index (χ3v) is 6.06. The average molecular weight is 387 g/mol. The summed E-state index contributed by atoms with van der Waals surface area (Å²) in [6, 6.07) is 10.5. The second kappa shape index (κ2) is 7.39. The molecule has 1 aliphatic heterocycles. The van der Waals surface area contributed by atoms with Gasteiger partial charge in [-0.3, -0.25) is 9.88 Å². The zero-order valence-corrected chi connectivity index (χ0v) is 16.0. The van der Waals surface area contributed by atoms with Gasteiger partial charge in [0.05, 0.1) is 16.1 Å². The minimum absolute atomic E-state index is 0.252. The molecular formula is C20H20Cl2N4. The summed E-state index contributed by atoms with van der Waals surface area (Å²) in [4.78, 5) is 14.3. The van der Waals surface area contributed by atoms with Crippen molar-refractivity contribution < 1.29 is 0 Å². The summed E-state index contributed by atoms with van der Waals surface area (Å²) in [5, 5.41) is 1.20. The number of likely N-dealkylation sites (tertiary alicyclic amines) is 1. The summed E-state index contributed by atoms with van der Waals surface area (Å²) in [5.41, 5.74) is 2.51. The van der Waals surface area contributed by atoms with Gasteiger partial charge in [0.25, 0.3) is 0 Å². The molecule has 0 amide bonds. The molecule has 3 unspecified atom stereocenters. The molecule has 2 aromatic heterocycles. The molecule has 0 saturated carbocycles. The number of nitrogens with zero attached hydrogens (tertiary/aromatic N) is 3. The van der Waals surface area contributed by atoms with Crippen molar-refractivity contribution in [1.29, 1.82) is 0 Å². The Morgan fingerprint density at radius 1 is 1.00 bits per heavy atom. The molecular weight excluding hydrogens is 367 g/mol. The maximum absolute atomic E-state index is 6.30. The lowest BCUT2D eigenvalue weighted by atomic mass is 9.74. The molecule has 1 saturated heterocycles. The minimum atomic E-state index is 0.252. The second-order valence-corrected chi connectivity index (χ2v) is 7.65. The van der Waals surface area contributed by atoms with E-state index in [1.165, 1.54) is 11.1 Å². The Labute approximate surface area is 163 Å². The zero-order valence-electron chi connectivity index (χ0n) is 14.4. The van der Waals surface area contributed by atoms with E-state index < -0.39 is 0 Å². The van der Waals surface area contributed by atoms with E-state index in [0.29, 0.717) is 21.9 Å². The highest BCUT2D eigenvalue weighted by Gasteiger charge is 2.37. The Morgan fingerprint density at radius 3 is 2.50 bits per heavy atom. The summed E-state index contributed by atoms with van der Waals surface area (Å²) < 4.78 is 0. The summed E-state index contributed by atoms with van der Waals surface area (Å²) >= 11 is 12.4. The number of hydrogen-bond donors (Lipinski definition) is 1. The minimum Gasteiger partial charge on any atom is -0.347 e. The molecule has 0 aliphatic carbocycles. The van der Waals surface area contributed by atoms with Crippen LogP contribution in [-0.4, -0.2) is 33.4 Å². The lowest BCUT2D eigenvalue weighted by Crippen LogP contribution is -2.38. The van der Waals surface area contributed by atoms with Crippen molar-refractivity contribution in [3.8, 4) is 0 Å². The standard InChI is InChI=1S/C20H20Cl2N4/c1-26-12-16(14-2-3-17(21)18(22)10-14)15(13-4-6-23-7-5-13)11-19(26)20-24-8-9-25-20/h2-10,15-16,19H,11-12H2,1H3,(H,24,25). The second-order valence-electron chi connectivity index (χ2n) is 6.83. The largest absolute Gasteiger partial charge is 0.347 e. The van der Waals surface area contributed by atoms with E-state index in [0.717, 1.165) is 18.8 Å². The molecule has 26 heavy (non-hydrogen) atoms. The average Bonchev–Trinajstić information content (AvgIpc) is 3.19. The third-order valence-electron chi connectivity index (χ3n) is 5.32. The number of aromatic amines is 1. The first-order valence-electron chi connectivity index (χ1n) is 8.68. The number of rotatable bonds is 3. The van der Waals surface area contributed by atoms with Gasteiger partial charge in [-0.2, -0.15) is 0 Å². The molecule has 3 heterocycles. The number of piperidine rings is 1. The Morgan fingerprint density at radius 2 is 1.81 bits per heavy atom. The Hall–Kier alpha value is -1.88. The molecule has 134 valence electrons. The first kappa shape index (κ1) is 17.5. The van der Waals surface area contributed by atoms with Crippen LogP contribution in [0.3, 0.4) is 0 Å². The number of H-pyrrole nitrogens is 1. The van der Waals surface area contributed by atoms with E-state index in [9.17, 15) is 0 Å². The number of likely N-dealkylation sites (N-methyl/N-ethyl adjacent to an activating group) is 1. The molecule has 4 nitrogen and oxygen atoms in total. The Bertz CT molecular complexity index is 867. The molecule has 1 aliphatic rings. The van der Waals surface area contributed by atoms with Gasteiger partial charge >= 0.3 is 0 Å². The molecule has 0 bridgehead atoms. The molecule has 4 rings (SSSR count). The van der Waals surface area contributed by atoms with Gasteiger partial charge in [0, 0.05) is 37.3 Å². The van der Waals surface area contributed by atoms with Crippen LogP contribution in [-0.2, 0) is 0 Å². The van der Waals surface area contributed by atoms with Crippen LogP contribution in [0.1, 0.15) is 41.2 Å². The summed E-state index contributed by atoms with van der Waals surface area (Å²) in [6.45, 7) is 0.913. The quantitative estimate of drug-likeness (QED) is 0.684. The lowest BCUT2D eigenvalue weighted by molar-refractivity contribution is 0.143. The number of imidazole rings is 1. The van der Waals surface area contributed by atoms with Crippen LogP contribution in [0.5, 0.6) is 0 Å². The molecule has 0 spiro atoms. The molecule has 1 fully saturated rings. The van der Waals surface area contributed by atoms with Crippen LogP contribution in [0.15, 0.2) is 55.1 Å². The van der Waals surface area contributed by atoms with Gasteiger partial charge in [-0.15, -0.1) is 0 Å². The number of pyridine rings is 1. The first-order chi connectivity index (χ1) is 12.6.